The average molecular weight is 344 g/mol. The van der Waals surface area contributed by atoms with Crippen LogP contribution in [0.1, 0.15) is 60.7 Å². The number of fused-ring (bicyclic) bond motifs is 1. The van der Waals surface area contributed by atoms with E-state index in [0.717, 1.165) is 0 Å². The molecule has 2 aliphatic rings. The van der Waals surface area contributed by atoms with Crippen molar-refractivity contribution < 1.29 is 19.1 Å². The highest BCUT2D eigenvalue weighted by atomic mass is 16.5. The molecule has 1 N–H and O–H groups in total. The van der Waals surface area contributed by atoms with Gasteiger partial charge in [0.1, 0.15) is 12.1 Å². The van der Waals surface area contributed by atoms with Gasteiger partial charge in [-0.15, -0.1) is 0 Å². The molecule has 2 heterocycles. The van der Waals surface area contributed by atoms with Gasteiger partial charge >= 0.3 is 5.97 Å². The van der Waals surface area contributed by atoms with Crippen LogP contribution in [0.3, 0.4) is 0 Å². The fourth-order valence-corrected chi connectivity index (χ4v) is 3.67. The van der Waals surface area contributed by atoms with Crippen LogP contribution in [0.15, 0.2) is 24.3 Å². The Morgan fingerprint density at radius 3 is 2.28 bits per heavy atom. The van der Waals surface area contributed by atoms with E-state index in [1.54, 1.807) is 24.3 Å². The summed E-state index contributed by atoms with van der Waals surface area (Å²) in [5, 5.41) is 3.41. The second kappa shape index (κ2) is 6.26. The van der Waals surface area contributed by atoms with Crippen molar-refractivity contribution >= 4 is 17.8 Å². The summed E-state index contributed by atoms with van der Waals surface area (Å²) >= 11 is 0. The lowest BCUT2D eigenvalue weighted by Crippen LogP contribution is -2.66. The van der Waals surface area contributed by atoms with E-state index in [-0.39, 0.29) is 23.3 Å². The normalized spacial score (nSPS) is 25.1. The summed E-state index contributed by atoms with van der Waals surface area (Å²) in [6.07, 6.45) is 1.65. The summed E-state index contributed by atoms with van der Waals surface area (Å²) in [5.41, 5.74) is -0.150. The van der Waals surface area contributed by atoms with E-state index in [1.165, 1.54) is 4.90 Å². The molecule has 6 nitrogen and oxygen atoms in total. The lowest BCUT2D eigenvalue weighted by molar-refractivity contribution is -0.163. The summed E-state index contributed by atoms with van der Waals surface area (Å²) in [6.45, 7) is 6.56. The van der Waals surface area contributed by atoms with Crippen LogP contribution in [-0.2, 0) is 9.53 Å². The van der Waals surface area contributed by atoms with Gasteiger partial charge in [0.15, 0.2) is 0 Å². The molecule has 1 atom stereocenters. The first-order chi connectivity index (χ1) is 11.8. The Morgan fingerprint density at radius 1 is 1.12 bits per heavy atom. The number of carbonyl (C=O) groups excluding carboxylic acids is 3. The van der Waals surface area contributed by atoms with Gasteiger partial charge in [-0.2, -0.15) is 0 Å². The fraction of sp³-hybridized carbons (Fsp3) is 0.526. The number of hydrogen-bond donors (Lipinski definition) is 1. The Morgan fingerprint density at radius 2 is 1.72 bits per heavy atom. The van der Waals surface area contributed by atoms with Crippen LogP contribution in [0.2, 0.25) is 0 Å². The van der Waals surface area contributed by atoms with Gasteiger partial charge in [-0.3, -0.25) is 24.6 Å². The molecule has 1 saturated heterocycles. The van der Waals surface area contributed by atoms with Gasteiger partial charge in [0.2, 0.25) is 0 Å². The maximum Gasteiger partial charge on any atom is 0.326 e. The summed E-state index contributed by atoms with van der Waals surface area (Å²) in [5.74, 6) is -0.770. The lowest BCUT2D eigenvalue weighted by Gasteiger charge is -2.44. The molecular weight excluding hydrogens is 320 g/mol. The third-order valence-corrected chi connectivity index (χ3v) is 5.00. The zero-order valence-electron chi connectivity index (χ0n) is 14.9. The third kappa shape index (κ3) is 3.06. The minimum atomic E-state index is -0.763. The number of benzene rings is 1. The molecule has 0 spiro atoms. The number of imide groups is 1. The number of nitrogens with one attached hydrogen (secondary N) is 1. The van der Waals surface area contributed by atoms with Crippen molar-refractivity contribution in [3.63, 3.8) is 0 Å². The zero-order valence-corrected chi connectivity index (χ0v) is 14.9. The van der Waals surface area contributed by atoms with Crippen LogP contribution in [0.25, 0.3) is 0 Å². The molecule has 6 heteroatoms. The predicted molar refractivity (Wildman–Crippen MR) is 92.2 cm³/mol. The van der Waals surface area contributed by atoms with E-state index in [2.05, 4.69) is 5.32 Å². The number of morpholine rings is 1. The maximum atomic E-state index is 12.4. The number of rotatable bonds is 5. The number of ether oxygens (including phenoxy) is 1. The summed E-state index contributed by atoms with van der Waals surface area (Å²) in [4.78, 5) is 38.4. The third-order valence-electron chi connectivity index (χ3n) is 5.00. The Kier molecular flexibility index (Phi) is 4.41. The largest absolute Gasteiger partial charge is 0.462 e. The van der Waals surface area contributed by atoms with Crippen molar-refractivity contribution in [3.8, 4) is 0 Å². The summed E-state index contributed by atoms with van der Waals surface area (Å²) in [7, 11) is 0. The molecule has 0 saturated carbocycles. The Balaban J connectivity index is 1.67. The molecule has 0 aromatic heterocycles. The van der Waals surface area contributed by atoms with E-state index in [0.29, 0.717) is 43.5 Å². The van der Waals surface area contributed by atoms with Crippen LogP contribution in [0, 0.1) is 0 Å². The highest BCUT2D eigenvalue weighted by Crippen LogP contribution is 2.29. The molecule has 2 amide bonds. The van der Waals surface area contributed by atoms with Crippen LogP contribution >= 0.6 is 0 Å². The number of esters is 1. The number of nitrogens with zero attached hydrogens (tertiary/aromatic N) is 1. The van der Waals surface area contributed by atoms with Crippen molar-refractivity contribution in [3.05, 3.63) is 35.4 Å². The highest BCUT2D eigenvalue weighted by Gasteiger charge is 2.46. The average Bonchev–Trinajstić information content (AvgIpc) is 2.83. The molecule has 1 unspecified atom stereocenters. The predicted octanol–water partition coefficient (Wildman–Crippen LogP) is 2.14. The molecule has 0 aliphatic carbocycles. The van der Waals surface area contributed by atoms with Crippen LogP contribution in [0.5, 0.6) is 0 Å². The van der Waals surface area contributed by atoms with Crippen molar-refractivity contribution in [1.82, 2.24) is 10.2 Å². The molecule has 1 aromatic rings. The molecule has 3 rings (SSSR count). The quantitative estimate of drug-likeness (QED) is 0.654. The fourth-order valence-electron chi connectivity index (χ4n) is 3.67. The summed E-state index contributed by atoms with van der Waals surface area (Å²) < 4.78 is 5.37. The standard InChI is InChI=1S/C19H24N2O4/c1-4-19(17(24)25-12-18(2,3)20-19)10-7-11-21-15(22)13-8-5-6-9-14(13)16(21)23/h5-6,8-9,20H,4,7,10-12H2,1-3H3. The van der Waals surface area contributed by atoms with Crippen molar-refractivity contribution in [2.45, 2.75) is 51.1 Å². The molecule has 0 bridgehead atoms. The van der Waals surface area contributed by atoms with Crippen LogP contribution in [-0.4, -0.2) is 46.9 Å². The zero-order chi connectivity index (χ0) is 18.2. The van der Waals surface area contributed by atoms with Gasteiger partial charge < -0.3 is 4.74 Å². The minimum absolute atomic E-state index is 0.253. The van der Waals surface area contributed by atoms with E-state index in [9.17, 15) is 14.4 Å². The van der Waals surface area contributed by atoms with Gasteiger partial charge in [-0.25, -0.2) is 0 Å². The van der Waals surface area contributed by atoms with E-state index in [1.807, 2.05) is 20.8 Å². The second-order valence-corrected chi connectivity index (χ2v) is 7.43. The van der Waals surface area contributed by atoms with Crippen LogP contribution in [0.4, 0.5) is 0 Å². The lowest BCUT2D eigenvalue weighted by atomic mass is 9.85. The molecule has 134 valence electrons. The molecular formula is C19H24N2O4. The van der Waals surface area contributed by atoms with E-state index < -0.39 is 5.54 Å². The Bertz CT molecular complexity index is 693. The molecule has 1 aromatic carbocycles. The smallest absolute Gasteiger partial charge is 0.326 e. The molecule has 25 heavy (non-hydrogen) atoms. The molecule has 2 aliphatic heterocycles. The maximum absolute atomic E-state index is 12.4. The van der Waals surface area contributed by atoms with Crippen molar-refractivity contribution in [1.29, 1.82) is 0 Å². The highest BCUT2D eigenvalue weighted by molar-refractivity contribution is 6.21. The van der Waals surface area contributed by atoms with Gasteiger partial charge in [0.25, 0.3) is 11.8 Å². The second-order valence-electron chi connectivity index (χ2n) is 7.43. The number of cyclic esters (lactones) is 1. The number of carbonyl (C=O) groups is 3. The van der Waals surface area contributed by atoms with Gasteiger partial charge in [-0.05, 0) is 45.2 Å². The Hall–Kier alpha value is -2.21. The van der Waals surface area contributed by atoms with Crippen molar-refractivity contribution in [2.24, 2.45) is 0 Å². The van der Waals surface area contributed by atoms with Gasteiger partial charge in [0, 0.05) is 12.1 Å². The summed E-state index contributed by atoms with van der Waals surface area (Å²) in [6, 6.07) is 6.85. The topological polar surface area (TPSA) is 75.7 Å². The van der Waals surface area contributed by atoms with Crippen molar-refractivity contribution in [2.75, 3.05) is 13.2 Å². The minimum Gasteiger partial charge on any atom is -0.462 e. The molecule has 1 fully saturated rings. The number of amides is 2. The number of hydrogen-bond acceptors (Lipinski definition) is 5. The van der Waals surface area contributed by atoms with Gasteiger partial charge in [-0.1, -0.05) is 19.1 Å². The first kappa shape index (κ1) is 17.6. The Labute approximate surface area is 147 Å². The molecule has 0 radical (unpaired) electrons. The van der Waals surface area contributed by atoms with E-state index in [4.69, 9.17) is 4.74 Å². The monoisotopic (exact) mass is 344 g/mol. The first-order valence-electron chi connectivity index (χ1n) is 8.71. The first-order valence-corrected chi connectivity index (χ1v) is 8.71. The van der Waals surface area contributed by atoms with E-state index >= 15 is 0 Å². The van der Waals surface area contributed by atoms with Gasteiger partial charge in [0.05, 0.1) is 11.1 Å². The SMILES string of the molecule is CCC1(CCCN2C(=O)c3ccccc3C2=O)NC(C)(C)COC1=O. The van der Waals surface area contributed by atoms with Crippen LogP contribution < -0.4 is 5.32 Å².